The molecule has 0 aromatic heterocycles. The summed E-state index contributed by atoms with van der Waals surface area (Å²) in [5.74, 6) is 0.607. The third-order valence-corrected chi connectivity index (χ3v) is 3.31. The summed E-state index contributed by atoms with van der Waals surface area (Å²) in [4.78, 5) is 23.3. The van der Waals surface area contributed by atoms with Crippen molar-refractivity contribution in [3.63, 3.8) is 0 Å². The predicted octanol–water partition coefficient (Wildman–Crippen LogP) is 2.71. The number of hydrogen-bond donors (Lipinski definition) is 0. The number of cyclic esters (lactones) is 1. The molecule has 19 heavy (non-hydrogen) atoms. The maximum atomic E-state index is 12.2. The van der Waals surface area contributed by atoms with E-state index in [1.165, 1.54) is 0 Å². The molecule has 0 saturated carbocycles. The summed E-state index contributed by atoms with van der Waals surface area (Å²) >= 11 is 0. The van der Waals surface area contributed by atoms with Crippen LogP contribution in [0.25, 0.3) is 0 Å². The third kappa shape index (κ3) is 2.78. The average molecular weight is 262 g/mol. The van der Waals surface area contributed by atoms with Crippen LogP contribution in [0.3, 0.4) is 0 Å². The van der Waals surface area contributed by atoms with Crippen LogP contribution >= 0.6 is 0 Å². The Hall–Kier alpha value is -1.84. The Bertz CT molecular complexity index is 505. The fourth-order valence-electron chi connectivity index (χ4n) is 2.23. The lowest BCUT2D eigenvalue weighted by molar-refractivity contribution is -0.140. The van der Waals surface area contributed by atoms with Gasteiger partial charge in [-0.2, -0.15) is 0 Å². The molecule has 1 unspecified atom stereocenters. The van der Waals surface area contributed by atoms with E-state index >= 15 is 0 Å². The molecule has 0 radical (unpaired) electrons. The van der Waals surface area contributed by atoms with Crippen molar-refractivity contribution in [1.29, 1.82) is 0 Å². The van der Waals surface area contributed by atoms with Gasteiger partial charge in [0.2, 0.25) is 5.78 Å². The lowest BCUT2D eigenvalue weighted by Crippen LogP contribution is -2.20. The van der Waals surface area contributed by atoms with Crippen LogP contribution in [-0.2, 0) is 9.53 Å². The highest BCUT2D eigenvalue weighted by molar-refractivity contribution is 6.01. The fourth-order valence-corrected chi connectivity index (χ4v) is 2.23. The largest absolute Gasteiger partial charge is 0.496 e. The van der Waals surface area contributed by atoms with Gasteiger partial charge in [-0.1, -0.05) is 13.8 Å². The monoisotopic (exact) mass is 262 g/mol. The lowest BCUT2D eigenvalue weighted by Gasteiger charge is -2.14. The van der Waals surface area contributed by atoms with E-state index < -0.39 is 6.10 Å². The lowest BCUT2D eigenvalue weighted by atomic mass is 9.96. The first-order valence-electron chi connectivity index (χ1n) is 6.44. The average Bonchev–Trinajstić information content (AvgIpc) is 2.83. The topological polar surface area (TPSA) is 52.6 Å². The Morgan fingerprint density at radius 1 is 1.42 bits per heavy atom. The summed E-state index contributed by atoms with van der Waals surface area (Å²) in [6, 6.07) is 5.34. The molecule has 102 valence electrons. The van der Waals surface area contributed by atoms with Crippen molar-refractivity contribution in [3.05, 3.63) is 29.3 Å². The number of benzene rings is 1. The Kier molecular flexibility index (Phi) is 3.88. The van der Waals surface area contributed by atoms with E-state index in [1.807, 2.05) is 19.9 Å². The second-order valence-electron chi connectivity index (χ2n) is 4.99. The number of rotatable bonds is 4. The predicted molar refractivity (Wildman–Crippen MR) is 70.5 cm³/mol. The van der Waals surface area contributed by atoms with Gasteiger partial charge in [0.15, 0.2) is 6.10 Å². The number of Topliss-reactive ketones (excluding diaryl/α,β-unsaturated/α-hetero) is 1. The summed E-state index contributed by atoms with van der Waals surface area (Å²) in [7, 11) is 1.61. The van der Waals surface area contributed by atoms with Gasteiger partial charge in [0.25, 0.3) is 0 Å². The molecule has 0 bridgehead atoms. The van der Waals surface area contributed by atoms with Gasteiger partial charge in [0, 0.05) is 18.4 Å². The highest BCUT2D eigenvalue weighted by atomic mass is 16.6. The molecule has 1 atom stereocenters. The normalized spacial score (nSPS) is 18.5. The summed E-state index contributed by atoms with van der Waals surface area (Å²) in [5.41, 5.74) is 1.56. The van der Waals surface area contributed by atoms with E-state index in [-0.39, 0.29) is 17.7 Å². The van der Waals surface area contributed by atoms with Gasteiger partial charge >= 0.3 is 5.97 Å². The Balaban J connectivity index is 2.27. The zero-order chi connectivity index (χ0) is 14.0. The quantitative estimate of drug-likeness (QED) is 0.618. The molecule has 1 aromatic rings. The Morgan fingerprint density at radius 2 is 2.16 bits per heavy atom. The van der Waals surface area contributed by atoms with Gasteiger partial charge in [-0.25, -0.2) is 0 Å². The molecule has 0 N–H and O–H groups in total. The maximum Gasteiger partial charge on any atom is 0.306 e. The molecule has 4 heteroatoms. The molecule has 4 nitrogen and oxygen atoms in total. The van der Waals surface area contributed by atoms with Crippen LogP contribution in [0.1, 0.15) is 48.5 Å². The minimum absolute atomic E-state index is 0.129. The molecule has 1 aliphatic rings. The van der Waals surface area contributed by atoms with Crippen molar-refractivity contribution in [2.24, 2.45) is 0 Å². The van der Waals surface area contributed by atoms with Crippen molar-refractivity contribution in [2.45, 2.75) is 38.7 Å². The van der Waals surface area contributed by atoms with Crippen LogP contribution in [0.4, 0.5) is 0 Å². The van der Waals surface area contributed by atoms with Crippen LogP contribution in [-0.4, -0.2) is 25.0 Å². The zero-order valence-electron chi connectivity index (χ0n) is 11.4. The summed E-state index contributed by atoms with van der Waals surface area (Å²) in [6.45, 7) is 4.09. The molecule has 0 amide bonds. The number of ketones is 1. The van der Waals surface area contributed by atoms with E-state index in [4.69, 9.17) is 9.47 Å². The molecule has 1 heterocycles. The number of carbonyl (C=O) groups is 2. The molecular formula is C15H18O4. The first kappa shape index (κ1) is 13.6. The van der Waals surface area contributed by atoms with Gasteiger partial charge in [-0.3, -0.25) is 9.59 Å². The Morgan fingerprint density at radius 3 is 2.68 bits per heavy atom. The van der Waals surface area contributed by atoms with Gasteiger partial charge in [0.1, 0.15) is 5.75 Å². The van der Waals surface area contributed by atoms with Gasteiger partial charge < -0.3 is 9.47 Å². The SMILES string of the molecule is COc1ccc(C(=O)C2CCC(=O)O2)cc1C(C)C. The van der Waals surface area contributed by atoms with E-state index in [0.717, 1.165) is 11.3 Å². The second kappa shape index (κ2) is 5.43. The van der Waals surface area contributed by atoms with Crippen LogP contribution in [0.15, 0.2) is 18.2 Å². The second-order valence-corrected chi connectivity index (χ2v) is 4.99. The van der Waals surface area contributed by atoms with Crippen molar-refractivity contribution < 1.29 is 19.1 Å². The minimum Gasteiger partial charge on any atom is -0.496 e. The molecule has 0 spiro atoms. The first-order chi connectivity index (χ1) is 9.02. The van der Waals surface area contributed by atoms with Crippen molar-refractivity contribution in [2.75, 3.05) is 7.11 Å². The zero-order valence-corrected chi connectivity index (χ0v) is 11.4. The van der Waals surface area contributed by atoms with Gasteiger partial charge in [-0.15, -0.1) is 0 Å². The molecule has 1 aromatic carbocycles. The van der Waals surface area contributed by atoms with E-state index in [2.05, 4.69) is 0 Å². The molecule has 1 fully saturated rings. The molecule has 1 saturated heterocycles. The molecule has 1 aliphatic heterocycles. The number of esters is 1. The summed E-state index contributed by atoms with van der Waals surface area (Å²) in [5, 5.41) is 0. The number of hydrogen-bond acceptors (Lipinski definition) is 4. The summed E-state index contributed by atoms with van der Waals surface area (Å²) in [6.07, 6.45) is 0.172. The summed E-state index contributed by atoms with van der Waals surface area (Å²) < 4.78 is 10.3. The van der Waals surface area contributed by atoms with Crippen LogP contribution in [0, 0.1) is 0 Å². The van der Waals surface area contributed by atoms with Gasteiger partial charge in [-0.05, 0) is 29.7 Å². The maximum absolute atomic E-state index is 12.2. The fraction of sp³-hybridized carbons (Fsp3) is 0.467. The molecule has 2 rings (SSSR count). The van der Waals surface area contributed by atoms with Crippen molar-refractivity contribution in [1.82, 2.24) is 0 Å². The molecular weight excluding hydrogens is 244 g/mol. The third-order valence-electron chi connectivity index (χ3n) is 3.31. The number of carbonyl (C=O) groups excluding carboxylic acids is 2. The first-order valence-corrected chi connectivity index (χ1v) is 6.44. The number of methoxy groups -OCH3 is 1. The van der Waals surface area contributed by atoms with E-state index in [0.29, 0.717) is 18.4 Å². The van der Waals surface area contributed by atoms with Crippen LogP contribution < -0.4 is 4.74 Å². The van der Waals surface area contributed by atoms with Crippen molar-refractivity contribution >= 4 is 11.8 Å². The van der Waals surface area contributed by atoms with E-state index in [1.54, 1.807) is 19.2 Å². The number of ether oxygens (including phenoxy) is 2. The van der Waals surface area contributed by atoms with Crippen molar-refractivity contribution in [3.8, 4) is 5.75 Å². The highest BCUT2D eigenvalue weighted by Crippen LogP contribution is 2.28. The Labute approximate surface area is 112 Å². The van der Waals surface area contributed by atoms with Crippen LogP contribution in [0.2, 0.25) is 0 Å². The molecule has 0 aliphatic carbocycles. The minimum atomic E-state index is -0.624. The van der Waals surface area contributed by atoms with Crippen LogP contribution in [0.5, 0.6) is 5.75 Å². The standard InChI is InChI=1S/C15H18O4/c1-9(2)11-8-10(4-5-12(11)18-3)15(17)13-6-7-14(16)19-13/h4-5,8-9,13H,6-7H2,1-3H3. The highest BCUT2D eigenvalue weighted by Gasteiger charge is 2.30. The van der Waals surface area contributed by atoms with Gasteiger partial charge in [0.05, 0.1) is 7.11 Å². The smallest absolute Gasteiger partial charge is 0.306 e. The van der Waals surface area contributed by atoms with E-state index in [9.17, 15) is 9.59 Å².